The molecule has 0 unspecified atom stereocenters. The zero-order chi connectivity index (χ0) is 18.8. The minimum absolute atomic E-state index is 0.429. The molecule has 0 saturated carbocycles. The molecule has 0 spiro atoms. The van der Waals surface area contributed by atoms with E-state index in [9.17, 15) is 0 Å². The summed E-state index contributed by atoms with van der Waals surface area (Å²) in [4.78, 5) is 0. The predicted molar refractivity (Wildman–Crippen MR) is 109 cm³/mol. The Kier molecular flexibility index (Phi) is 9.26. The number of hydrogen-bond donors (Lipinski definition) is 1. The Balaban J connectivity index is 1.95. The van der Waals surface area contributed by atoms with E-state index in [1.165, 1.54) is 0 Å². The summed E-state index contributed by atoms with van der Waals surface area (Å²) in [5.74, 6) is 1.40. The van der Waals surface area contributed by atoms with Crippen molar-refractivity contribution in [1.82, 2.24) is 5.32 Å². The summed E-state index contributed by atoms with van der Waals surface area (Å²) in [6.07, 6.45) is 0.990. The van der Waals surface area contributed by atoms with E-state index in [0.717, 1.165) is 48.3 Å². The molecule has 0 amide bonds. The summed E-state index contributed by atoms with van der Waals surface area (Å²) in [7, 11) is 1.65. The topological polar surface area (TPSA) is 39.7 Å². The lowest BCUT2D eigenvalue weighted by Gasteiger charge is -2.15. The highest BCUT2D eigenvalue weighted by atomic mass is 79.9. The van der Waals surface area contributed by atoms with Gasteiger partial charge in [-0.05, 0) is 55.3 Å². The van der Waals surface area contributed by atoms with Crippen LogP contribution < -0.4 is 14.8 Å². The summed E-state index contributed by atoms with van der Waals surface area (Å²) in [6, 6.07) is 11.6. The average Bonchev–Trinajstić information content (AvgIpc) is 2.64. The van der Waals surface area contributed by atoms with Crippen molar-refractivity contribution in [2.24, 2.45) is 0 Å². The second-order valence-corrected chi connectivity index (χ2v) is 7.03. The average molecular weight is 443 g/mol. The molecule has 6 heteroatoms. The van der Waals surface area contributed by atoms with E-state index in [0.29, 0.717) is 23.1 Å². The van der Waals surface area contributed by atoms with Crippen LogP contribution in [0.4, 0.5) is 0 Å². The monoisotopic (exact) mass is 441 g/mol. The van der Waals surface area contributed by atoms with Gasteiger partial charge >= 0.3 is 0 Å². The zero-order valence-electron chi connectivity index (χ0n) is 15.2. The van der Waals surface area contributed by atoms with Crippen molar-refractivity contribution >= 4 is 27.5 Å². The first kappa shape index (κ1) is 21.0. The van der Waals surface area contributed by atoms with Crippen molar-refractivity contribution in [1.29, 1.82) is 0 Å². The lowest BCUT2D eigenvalue weighted by molar-refractivity contribution is 0.144. The van der Waals surface area contributed by atoms with Gasteiger partial charge in [0.15, 0.2) is 11.5 Å². The molecule has 0 bridgehead atoms. The van der Waals surface area contributed by atoms with Crippen molar-refractivity contribution in [3.8, 4) is 11.5 Å². The predicted octanol–water partition coefficient (Wildman–Crippen LogP) is 5.21. The number of nitrogens with one attached hydrogen (secondary N) is 1. The number of methoxy groups -OCH3 is 1. The third-order valence-corrected chi connectivity index (χ3v) is 4.75. The van der Waals surface area contributed by atoms with Gasteiger partial charge in [0.05, 0.1) is 7.11 Å². The van der Waals surface area contributed by atoms with Crippen LogP contribution in [-0.2, 0) is 17.9 Å². The van der Waals surface area contributed by atoms with Gasteiger partial charge in [0.1, 0.15) is 6.61 Å². The lowest BCUT2D eigenvalue weighted by atomic mass is 10.2. The third kappa shape index (κ3) is 6.80. The van der Waals surface area contributed by atoms with Gasteiger partial charge in [0.25, 0.3) is 0 Å². The minimum atomic E-state index is 0.429. The van der Waals surface area contributed by atoms with E-state index < -0.39 is 0 Å². The molecule has 4 nitrogen and oxygen atoms in total. The zero-order valence-corrected chi connectivity index (χ0v) is 17.5. The van der Waals surface area contributed by atoms with Gasteiger partial charge < -0.3 is 19.5 Å². The van der Waals surface area contributed by atoms with Gasteiger partial charge in [-0.1, -0.05) is 39.7 Å². The molecule has 2 aromatic carbocycles. The van der Waals surface area contributed by atoms with E-state index in [1.807, 2.05) is 43.3 Å². The Morgan fingerprint density at radius 1 is 1.15 bits per heavy atom. The standard InChI is InChI=1S/C20H25BrClNO3/c1-3-25-9-5-8-23-13-16-11-19(24-2)20(12-18(16)21)26-14-15-6-4-7-17(22)10-15/h4,6-7,10-12,23H,3,5,8-9,13-14H2,1-2H3. The van der Waals surface area contributed by atoms with Crippen molar-refractivity contribution in [2.45, 2.75) is 26.5 Å². The van der Waals surface area contributed by atoms with E-state index in [2.05, 4.69) is 21.2 Å². The Morgan fingerprint density at radius 2 is 2.00 bits per heavy atom. The fraction of sp³-hybridized carbons (Fsp3) is 0.400. The first-order valence-electron chi connectivity index (χ1n) is 8.66. The molecule has 0 aliphatic carbocycles. The summed E-state index contributed by atoms with van der Waals surface area (Å²) < 4.78 is 17.7. The molecular weight excluding hydrogens is 418 g/mol. The molecular formula is C20H25BrClNO3. The Bertz CT molecular complexity index is 697. The fourth-order valence-electron chi connectivity index (χ4n) is 2.44. The van der Waals surface area contributed by atoms with Crippen LogP contribution in [0, 0.1) is 0 Å². The molecule has 0 atom stereocenters. The van der Waals surface area contributed by atoms with Crippen LogP contribution in [0.1, 0.15) is 24.5 Å². The summed E-state index contributed by atoms with van der Waals surface area (Å²) >= 11 is 9.64. The highest BCUT2D eigenvalue weighted by Crippen LogP contribution is 2.34. The number of rotatable bonds is 11. The maximum Gasteiger partial charge on any atom is 0.162 e. The smallest absolute Gasteiger partial charge is 0.162 e. The van der Waals surface area contributed by atoms with Gasteiger partial charge in [-0.25, -0.2) is 0 Å². The van der Waals surface area contributed by atoms with Crippen LogP contribution >= 0.6 is 27.5 Å². The van der Waals surface area contributed by atoms with E-state index in [-0.39, 0.29) is 0 Å². The molecule has 2 rings (SSSR count). The first-order chi connectivity index (χ1) is 12.6. The van der Waals surface area contributed by atoms with Crippen LogP contribution in [0.3, 0.4) is 0 Å². The molecule has 2 aromatic rings. The summed E-state index contributed by atoms with van der Waals surface area (Å²) in [5, 5.41) is 4.11. The van der Waals surface area contributed by atoms with E-state index in [4.69, 9.17) is 25.8 Å². The molecule has 0 fully saturated rings. The lowest BCUT2D eigenvalue weighted by Crippen LogP contribution is -2.16. The number of hydrogen-bond acceptors (Lipinski definition) is 4. The normalized spacial score (nSPS) is 10.8. The Labute approximate surface area is 168 Å². The second kappa shape index (κ2) is 11.4. The molecule has 0 saturated heterocycles. The third-order valence-electron chi connectivity index (χ3n) is 3.78. The largest absolute Gasteiger partial charge is 0.493 e. The molecule has 0 aliphatic heterocycles. The van der Waals surface area contributed by atoms with Crippen molar-refractivity contribution in [2.75, 3.05) is 26.9 Å². The van der Waals surface area contributed by atoms with Gasteiger partial charge in [0, 0.05) is 29.3 Å². The maximum absolute atomic E-state index is 6.02. The van der Waals surface area contributed by atoms with Crippen molar-refractivity contribution < 1.29 is 14.2 Å². The minimum Gasteiger partial charge on any atom is -0.493 e. The number of halogens is 2. The Hall–Kier alpha value is -1.27. The molecule has 142 valence electrons. The van der Waals surface area contributed by atoms with Crippen molar-refractivity contribution in [3.63, 3.8) is 0 Å². The van der Waals surface area contributed by atoms with Crippen LogP contribution in [0.5, 0.6) is 11.5 Å². The highest BCUT2D eigenvalue weighted by molar-refractivity contribution is 9.10. The summed E-state index contributed by atoms with van der Waals surface area (Å²) in [6.45, 7) is 5.63. The van der Waals surface area contributed by atoms with Crippen molar-refractivity contribution in [3.05, 3.63) is 57.0 Å². The van der Waals surface area contributed by atoms with Gasteiger partial charge in [-0.3, -0.25) is 0 Å². The van der Waals surface area contributed by atoms with E-state index >= 15 is 0 Å². The number of ether oxygens (including phenoxy) is 3. The second-order valence-electron chi connectivity index (χ2n) is 5.74. The molecule has 0 aromatic heterocycles. The van der Waals surface area contributed by atoms with Gasteiger partial charge in [-0.2, -0.15) is 0 Å². The van der Waals surface area contributed by atoms with Crippen LogP contribution in [0.25, 0.3) is 0 Å². The van der Waals surface area contributed by atoms with Crippen LogP contribution in [0.2, 0.25) is 5.02 Å². The quantitative estimate of drug-likeness (QED) is 0.485. The Morgan fingerprint density at radius 3 is 2.73 bits per heavy atom. The SMILES string of the molecule is CCOCCCNCc1cc(OC)c(OCc2cccc(Cl)c2)cc1Br. The molecule has 26 heavy (non-hydrogen) atoms. The molecule has 0 heterocycles. The molecule has 0 aliphatic rings. The number of benzene rings is 2. The van der Waals surface area contributed by atoms with Crippen LogP contribution in [0.15, 0.2) is 40.9 Å². The maximum atomic E-state index is 6.02. The van der Waals surface area contributed by atoms with E-state index in [1.54, 1.807) is 7.11 Å². The highest BCUT2D eigenvalue weighted by Gasteiger charge is 2.11. The fourth-order valence-corrected chi connectivity index (χ4v) is 3.11. The molecule has 0 radical (unpaired) electrons. The first-order valence-corrected chi connectivity index (χ1v) is 9.83. The van der Waals surface area contributed by atoms with Gasteiger partial charge in [0.2, 0.25) is 0 Å². The molecule has 1 N–H and O–H groups in total. The van der Waals surface area contributed by atoms with Gasteiger partial charge in [-0.15, -0.1) is 0 Å². The summed E-state index contributed by atoms with van der Waals surface area (Å²) in [5.41, 5.74) is 2.13. The van der Waals surface area contributed by atoms with Crippen LogP contribution in [-0.4, -0.2) is 26.9 Å².